The first-order valence-corrected chi connectivity index (χ1v) is 5.35. The van der Waals surface area contributed by atoms with Crippen molar-refractivity contribution in [2.24, 2.45) is 5.41 Å². The quantitative estimate of drug-likeness (QED) is 0.628. The van der Waals surface area contributed by atoms with Crippen LogP contribution in [0.1, 0.15) is 20.8 Å². The molecule has 0 aromatic heterocycles. The average molecular weight is 192 g/mol. The van der Waals surface area contributed by atoms with E-state index in [9.17, 15) is 0 Å². The van der Waals surface area contributed by atoms with Crippen LogP contribution in [0.3, 0.4) is 0 Å². The molecule has 0 heterocycles. The lowest BCUT2D eigenvalue weighted by atomic mass is 9.98. The number of hydrogen-bond acceptors (Lipinski definition) is 1. The van der Waals surface area contributed by atoms with Crippen molar-refractivity contribution in [3.8, 4) is 0 Å². The predicted octanol–water partition coefficient (Wildman–Crippen LogP) is 4.34. The molecule has 1 rings (SSSR count). The molecule has 0 unspecified atom stereocenters. The Hall–Kier alpha value is -0.690. The van der Waals surface area contributed by atoms with Gasteiger partial charge in [-0.1, -0.05) is 56.8 Å². The Kier molecular flexibility index (Phi) is 3.61. The topological polar surface area (TPSA) is 0 Å². The van der Waals surface area contributed by atoms with Gasteiger partial charge >= 0.3 is 0 Å². The molecular weight excluding hydrogens is 176 g/mol. The second kappa shape index (κ2) is 4.52. The summed E-state index contributed by atoms with van der Waals surface area (Å²) in [7, 11) is 0. The van der Waals surface area contributed by atoms with Gasteiger partial charge in [0.15, 0.2) is 0 Å². The molecule has 0 N–H and O–H groups in total. The molecule has 0 aliphatic rings. The predicted molar refractivity (Wildman–Crippen MR) is 60.9 cm³/mol. The highest BCUT2D eigenvalue weighted by Crippen LogP contribution is 2.22. The lowest BCUT2D eigenvalue weighted by molar-refractivity contribution is 0.545. The van der Waals surface area contributed by atoms with Crippen LogP contribution < -0.4 is 0 Å². The van der Waals surface area contributed by atoms with Gasteiger partial charge in [-0.2, -0.15) is 0 Å². The zero-order valence-electron chi connectivity index (χ0n) is 8.45. The van der Waals surface area contributed by atoms with Gasteiger partial charge < -0.3 is 0 Å². The van der Waals surface area contributed by atoms with Crippen molar-refractivity contribution in [3.63, 3.8) is 0 Å². The van der Waals surface area contributed by atoms with Crippen LogP contribution in [0.2, 0.25) is 0 Å². The molecule has 1 aromatic rings. The van der Waals surface area contributed by atoms with Crippen LogP contribution in [0.5, 0.6) is 0 Å². The molecule has 0 spiro atoms. The van der Waals surface area contributed by atoms with Crippen molar-refractivity contribution in [3.05, 3.63) is 41.8 Å². The van der Waals surface area contributed by atoms with Crippen molar-refractivity contribution >= 4 is 11.8 Å². The number of allylic oxidation sites excluding steroid dienone is 1. The van der Waals surface area contributed by atoms with Gasteiger partial charge in [-0.05, 0) is 23.0 Å². The van der Waals surface area contributed by atoms with E-state index in [1.54, 1.807) is 11.8 Å². The van der Waals surface area contributed by atoms with Crippen molar-refractivity contribution in [2.45, 2.75) is 25.7 Å². The molecule has 0 saturated heterocycles. The van der Waals surface area contributed by atoms with Gasteiger partial charge in [0, 0.05) is 4.90 Å². The molecule has 1 heteroatoms. The number of thioether (sulfide) groups is 1. The molecule has 70 valence electrons. The van der Waals surface area contributed by atoms with E-state index in [2.05, 4.69) is 56.5 Å². The Balaban J connectivity index is 2.49. The molecule has 0 nitrogen and oxygen atoms in total. The minimum atomic E-state index is 0.280. The number of rotatable bonds is 2. The molecule has 0 aliphatic heterocycles. The van der Waals surface area contributed by atoms with E-state index < -0.39 is 0 Å². The maximum Gasteiger partial charge on any atom is 0.0116 e. The lowest BCUT2D eigenvalue weighted by Gasteiger charge is -2.10. The fourth-order valence-electron chi connectivity index (χ4n) is 0.816. The van der Waals surface area contributed by atoms with E-state index in [0.717, 1.165) is 0 Å². The van der Waals surface area contributed by atoms with E-state index in [4.69, 9.17) is 0 Å². The Morgan fingerprint density at radius 2 is 1.69 bits per heavy atom. The molecule has 0 aliphatic carbocycles. The summed E-state index contributed by atoms with van der Waals surface area (Å²) >= 11 is 1.77. The normalized spacial score (nSPS) is 12.2. The third-order valence-electron chi connectivity index (χ3n) is 1.52. The van der Waals surface area contributed by atoms with Crippen molar-refractivity contribution in [1.82, 2.24) is 0 Å². The Bertz CT molecular complexity index is 267. The molecule has 0 saturated carbocycles. The molecule has 13 heavy (non-hydrogen) atoms. The minimum absolute atomic E-state index is 0.280. The summed E-state index contributed by atoms with van der Waals surface area (Å²) < 4.78 is 0. The first kappa shape index (κ1) is 10.4. The van der Waals surface area contributed by atoms with Gasteiger partial charge in [0.25, 0.3) is 0 Å². The van der Waals surface area contributed by atoms with E-state index in [1.165, 1.54) is 4.90 Å². The summed E-state index contributed by atoms with van der Waals surface area (Å²) in [5.41, 5.74) is 0.280. The zero-order chi connectivity index (χ0) is 9.73. The third kappa shape index (κ3) is 4.79. The maximum atomic E-state index is 2.23. The van der Waals surface area contributed by atoms with Gasteiger partial charge in [0.1, 0.15) is 0 Å². The molecule has 0 atom stereocenters. The standard InChI is InChI=1S/C12H16S/c1-12(2,3)9-10-13-11-7-5-4-6-8-11/h4-10H,1-3H3/b10-9+. The van der Waals surface area contributed by atoms with Gasteiger partial charge in [-0.3, -0.25) is 0 Å². The average Bonchev–Trinajstić information content (AvgIpc) is 2.04. The van der Waals surface area contributed by atoms with Crippen LogP contribution >= 0.6 is 11.8 Å². The molecular formula is C12H16S. The summed E-state index contributed by atoms with van der Waals surface area (Å²) in [6, 6.07) is 10.4. The van der Waals surface area contributed by atoms with Crippen molar-refractivity contribution in [1.29, 1.82) is 0 Å². The molecule has 0 fully saturated rings. The van der Waals surface area contributed by atoms with E-state index in [1.807, 2.05) is 6.07 Å². The number of benzene rings is 1. The second-order valence-corrected chi connectivity index (χ2v) is 5.08. The van der Waals surface area contributed by atoms with Crippen LogP contribution in [0.25, 0.3) is 0 Å². The second-order valence-electron chi connectivity index (χ2n) is 4.10. The van der Waals surface area contributed by atoms with Crippen molar-refractivity contribution < 1.29 is 0 Å². The molecule has 0 amide bonds. The summed E-state index contributed by atoms with van der Waals surface area (Å²) in [6.45, 7) is 6.61. The monoisotopic (exact) mass is 192 g/mol. The van der Waals surface area contributed by atoms with Gasteiger partial charge in [0.05, 0.1) is 0 Å². The Labute approximate surface area is 85.1 Å². The summed E-state index contributed by atoms with van der Waals surface area (Å²) in [4.78, 5) is 1.29. The van der Waals surface area contributed by atoms with E-state index >= 15 is 0 Å². The smallest absolute Gasteiger partial charge is 0.0116 e. The Morgan fingerprint density at radius 3 is 2.23 bits per heavy atom. The molecule has 0 bridgehead atoms. The van der Waals surface area contributed by atoms with Crippen LogP contribution in [-0.2, 0) is 0 Å². The highest BCUT2D eigenvalue weighted by Gasteiger charge is 2.02. The van der Waals surface area contributed by atoms with Crippen LogP contribution in [0.15, 0.2) is 46.7 Å². The largest absolute Gasteiger partial charge is 0.0984 e. The fraction of sp³-hybridized carbons (Fsp3) is 0.333. The first-order valence-electron chi connectivity index (χ1n) is 4.47. The first-order chi connectivity index (χ1) is 6.08. The van der Waals surface area contributed by atoms with E-state index in [0.29, 0.717) is 0 Å². The third-order valence-corrected chi connectivity index (χ3v) is 2.33. The molecule has 0 radical (unpaired) electrons. The number of hydrogen-bond donors (Lipinski definition) is 0. The zero-order valence-corrected chi connectivity index (χ0v) is 9.27. The van der Waals surface area contributed by atoms with E-state index in [-0.39, 0.29) is 5.41 Å². The maximum absolute atomic E-state index is 2.23. The SMILES string of the molecule is CC(C)(C)/C=C/Sc1ccccc1. The highest BCUT2D eigenvalue weighted by molar-refractivity contribution is 8.02. The van der Waals surface area contributed by atoms with Gasteiger partial charge in [-0.25, -0.2) is 0 Å². The van der Waals surface area contributed by atoms with Gasteiger partial charge in [-0.15, -0.1) is 0 Å². The summed E-state index contributed by atoms with van der Waals surface area (Å²) in [6.07, 6.45) is 2.23. The fourth-order valence-corrected chi connectivity index (χ4v) is 1.76. The minimum Gasteiger partial charge on any atom is -0.0984 e. The van der Waals surface area contributed by atoms with Crippen LogP contribution in [-0.4, -0.2) is 0 Å². The summed E-state index contributed by atoms with van der Waals surface area (Å²) in [5.74, 6) is 0. The van der Waals surface area contributed by atoms with Crippen molar-refractivity contribution in [2.75, 3.05) is 0 Å². The Morgan fingerprint density at radius 1 is 1.08 bits per heavy atom. The van der Waals surface area contributed by atoms with Crippen LogP contribution in [0.4, 0.5) is 0 Å². The lowest BCUT2D eigenvalue weighted by Crippen LogP contribution is -1.97. The highest BCUT2D eigenvalue weighted by atomic mass is 32.2. The van der Waals surface area contributed by atoms with Gasteiger partial charge in [0.2, 0.25) is 0 Å². The van der Waals surface area contributed by atoms with Crippen LogP contribution in [0, 0.1) is 5.41 Å². The molecule has 1 aromatic carbocycles. The summed E-state index contributed by atoms with van der Waals surface area (Å²) in [5, 5.41) is 2.16.